The van der Waals surface area contributed by atoms with Crippen LogP contribution in [0.15, 0.2) is 60.9 Å². The molecule has 3 heterocycles. The van der Waals surface area contributed by atoms with Gasteiger partial charge in [0, 0.05) is 41.4 Å². The molecule has 38 heavy (non-hydrogen) atoms. The monoisotopic (exact) mass is 512 g/mol. The van der Waals surface area contributed by atoms with Crippen LogP contribution in [-0.2, 0) is 11.2 Å². The van der Waals surface area contributed by atoms with Crippen LogP contribution >= 0.6 is 0 Å². The number of nitrogens with zero attached hydrogens (tertiary/aromatic N) is 2. The van der Waals surface area contributed by atoms with Gasteiger partial charge in [0.05, 0.1) is 35.2 Å². The van der Waals surface area contributed by atoms with Crippen LogP contribution in [0.4, 0.5) is 24.5 Å². The molecule has 0 fully saturated rings. The Morgan fingerprint density at radius 1 is 1.08 bits per heavy atom. The first kappa shape index (κ1) is 27.2. The van der Waals surface area contributed by atoms with Crippen LogP contribution in [0.2, 0.25) is 0 Å². The van der Waals surface area contributed by atoms with Gasteiger partial charge < -0.3 is 20.5 Å². The van der Waals surface area contributed by atoms with Crippen molar-refractivity contribution in [1.82, 2.24) is 9.97 Å². The summed E-state index contributed by atoms with van der Waals surface area (Å²) in [5.74, 6) is -1.66. The van der Waals surface area contributed by atoms with E-state index in [0.29, 0.717) is 39.1 Å². The Hall–Kier alpha value is -3.87. The number of carboxylic acid groups (broad SMARTS) is 1. The Morgan fingerprint density at radius 2 is 1.87 bits per heavy atom. The molecule has 11 heteroatoms. The van der Waals surface area contributed by atoms with Gasteiger partial charge in [0.25, 0.3) is 0 Å². The number of carbonyl (C=O) groups excluding carboxylic acids is 2. The van der Waals surface area contributed by atoms with Crippen LogP contribution in [0.5, 0.6) is 0 Å². The van der Waals surface area contributed by atoms with Crippen molar-refractivity contribution < 1.29 is 46.7 Å². The zero-order valence-corrected chi connectivity index (χ0v) is 20.5. The molecule has 0 radical (unpaired) electrons. The number of nitrogens with one attached hydrogen (secondary N) is 2. The average molecular weight is 512 g/mol. The quantitative estimate of drug-likeness (QED) is 0.403. The van der Waals surface area contributed by atoms with E-state index in [1.54, 1.807) is 30.5 Å². The number of aromatic nitrogens is 2. The van der Waals surface area contributed by atoms with Crippen molar-refractivity contribution in [2.45, 2.75) is 32.0 Å². The molecule has 1 aliphatic rings. The standard InChI is InChI=1S/C27H21F3N4O3.Li/c1-14-7-24(35)34-23-9-15(11-27(28,29)30)8-19(25(23)33-14)18-4-2-3-16-10-22(32-13-20(16)18)17-5-6-21(26(36)37)31-12-17;/h2-6,8-10,12-14,33H,7,11H2,1H3,(H,34,35)(H,36,37);/q;+1/p-1/t14-;/m1./s1. The Bertz CT molecular complexity index is 1540. The molecule has 2 aromatic carbocycles. The molecule has 5 rings (SSSR count). The number of rotatable bonds is 4. The van der Waals surface area contributed by atoms with Crippen LogP contribution < -0.4 is 34.6 Å². The summed E-state index contributed by atoms with van der Waals surface area (Å²) in [6.45, 7) is 1.83. The fourth-order valence-electron chi connectivity index (χ4n) is 4.51. The number of carbonyl (C=O) groups is 2. The molecule has 0 saturated carbocycles. The van der Waals surface area contributed by atoms with Gasteiger partial charge in [-0.25, -0.2) is 0 Å². The number of aromatic carboxylic acids is 1. The second-order valence-corrected chi connectivity index (χ2v) is 8.97. The molecule has 4 aromatic rings. The van der Waals surface area contributed by atoms with Crippen LogP contribution in [0.1, 0.15) is 29.4 Å². The molecule has 188 valence electrons. The number of hydrogen-bond acceptors (Lipinski definition) is 6. The maximum atomic E-state index is 13.3. The number of amides is 1. The average Bonchev–Trinajstić information content (AvgIpc) is 2.98. The summed E-state index contributed by atoms with van der Waals surface area (Å²) in [6.07, 6.45) is -2.38. The van der Waals surface area contributed by atoms with Crippen molar-refractivity contribution in [3.8, 4) is 22.4 Å². The van der Waals surface area contributed by atoms with Gasteiger partial charge in [0.15, 0.2) is 0 Å². The van der Waals surface area contributed by atoms with Crippen molar-refractivity contribution in [2.75, 3.05) is 10.6 Å². The number of carboxylic acids is 1. The molecule has 1 aliphatic heterocycles. The molecular weight excluding hydrogens is 492 g/mol. The first-order valence-electron chi connectivity index (χ1n) is 11.4. The number of alkyl halides is 3. The number of fused-ring (bicyclic) bond motifs is 2. The van der Waals surface area contributed by atoms with Crippen molar-refractivity contribution >= 4 is 34.0 Å². The number of anilines is 2. The van der Waals surface area contributed by atoms with Crippen LogP contribution in [0.3, 0.4) is 0 Å². The maximum Gasteiger partial charge on any atom is 1.00 e. The van der Waals surface area contributed by atoms with Crippen LogP contribution in [0, 0.1) is 0 Å². The zero-order chi connectivity index (χ0) is 26.3. The van der Waals surface area contributed by atoms with E-state index in [9.17, 15) is 27.9 Å². The summed E-state index contributed by atoms with van der Waals surface area (Å²) in [5.41, 5.74) is 2.99. The predicted octanol–water partition coefficient (Wildman–Crippen LogP) is 1.58. The van der Waals surface area contributed by atoms with Gasteiger partial charge in [-0.15, -0.1) is 0 Å². The van der Waals surface area contributed by atoms with E-state index in [1.807, 2.05) is 13.0 Å². The first-order chi connectivity index (χ1) is 17.6. The summed E-state index contributed by atoms with van der Waals surface area (Å²) in [5, 5.41) is 18.5. The minimum absolute atomic E-state index is 0. The van der Waals surface area contributed by atoms with E-state index in [1.165, 1.54) is 24.4 Å². The van der Waals surface area contributed by atoms with Gasteiger partial charge in [0.2, 0.25) is 5.91 Å². The fraction of sp³-hybridized carbons (Fsp3) is 0.185. The molecule has 0 saturated heterocycles. The summed E-state index contributed by atoms with van der Waals surface area (Å²) < 4.78 is 39.9. The Morgan fingerprint density at radius 3 is 2.55 bits per heavy atom. The molecular formula is C27H20F3LiN4O3. The van der Waals surface area contributed by atoms with Gasteiger partial charge in [-0.1, -0.05) is 18.2 Å². The van der Waals surface area contributed by atoms with Crippen LogP contribution in [-0.4, -0.2) is 34.1 Å². The van der Waals surface area contributed by atoms with Crippen molar-refractivity contribution in [2.24, 2.45) is 0 Å². The molecule has 0 bridgehead atoms. The first-order valence-corrected chi connectivity index (χ1v) is 11.4. The van der Waals surface area contributed by atoms with Gasteiger partial charge in [-0.2, -0.15) is 13.2 Å². The topological polar surface area (TPSA) is 107 Å². The fourth-order valence-corrected chi connectivity index (χ4v) is 4.51. The summed E-state index contributed by atoms with van der Waals surface area (Å²) in [6, 6.07) is 12.8. The summed E-state index contributed by atoms with van der Waals surface area (Å²) >= 11 is 0. The number of hydrogen-bond donors (Lipinski definition) is 2. The molecule has 1 atom stereocenters. The third-order valence-corrected chi connectivity index (χ3v) is 6.08. The minimum Gasteiger partial charge on any atom is -0.543 e. The molecule has 2 N–H and O–H groups in total. The van der Waals surface area contributed by atoms with E-state index < -0.39 is 18.6 Å². The SMILES string of the molecule is C[C@@H]1CC(=O)Nc2cc(CC(F)(F)F)cc(-c3cccc4cc(-c5ccc(C(=O)[O-])nc5)ncc34)c2N1.[Li+]. The third-order valence-electron chi connectivity index (χ3n) is 6.08. The normalized spacial score (nSPS) is 15.1. The largest absolute Gasteiger partial charge is 1.00 e. The van der Waals surface area contributed by atoms with Gasteiger partial charge in [-0.3, -0.25) is 14.8 Å². The molecule has 7 nitrogen and oxygen atoms in total. The number of halogens is 3. The Kier molecular flexibility index (Phi) is 7.49. The maximum absolute atomic E-state index is 13.3. The van der Waals surface area contributed by atoms with Gasteiger partial charge in [0.1, 0.15) is 0 Å². The van der Waals surface area contributed by atoms with Crippen LogP contribution in [0.25, 0.3) is 33.2 Å². The van der Waals surface area contributed by atoms with E-state index in [4.69, 9.17) is 0 Å². The number of benzene rings is 2. The Balaban J connectivity index is 0.00000336. The van der Waals surface area contributed by atoms with E-state index in [-0.39, 0.29) is 48.5 Å². The van der Waals surface area contributed by atoms with Gasteiger partial charge in [-0.05, 0) is 53.8 Å². The van der Waals surface area contributed by atoms with E-state index in [0.717, 1.165) is 5.39 Å². The van der Waals surface area contributed by atoms with Crippen molar-refractivity contribution in [1.29, 1.82) is 0 Å². The van der Waals surface area contributed by atoms with Gasteiger partial charge >= 0.3 is 25.0 Å². The smallest absolute Gasteiger partial charge is 0.543 e. The van der Waals surface area contributed by atoms with Crippen molar-refractivity contribution in [3.05, 3.63) is 72.2 Å². The minimum atomic E-state index is -4.42. The second kappa shape index (κ2) is 10.5. The summed E-state index contributed by atoms with van der Waals surface area (Å²) in [4.78, 5) is 31.7. The molecule has 0 aliphatic carbocycles. The predicted molar refractivity (Wildman–Crippen MR) is 131 cm³/mol. The molecule has 0 unspecified atom stereocenters. The number of pyridine rings is 2. The van der Waals surface area contributed by atoms with E-state index >= 15 is 0 Å². The van der Waals surface area contributed by atoms with Crippen molar-refractivity contribution in [3.63, 3.8) is 0 Å². The zero-order valence-electron chi connectivity index (χ0n) is 20.5. The second-order valence-electron chi connectivity index (χ2n) is 8.97. The van der Waals surface area contributed by atoms with E-state index in [2.05, 4.69) is 20.6 Å². The summed E-state index contributed by atoms with van der Waals surface area (Å²) in [7, 11) is 0. The Labute approximate surface area is 227 Å². The third kappa shape index (κ3) is 5.67. The molecule has 0 spiro atoms. The molecule has 1 amide bonds. The molecule has 2 aromatic heterocycles.